The minimum Gasteiger partial charge on any atom is -0.352 e. The SMILES string of the molecule is C=CC(=O)CCC(C)(C)CNC(=O)C=C. The Bertz CT molecular complexity index is 241. The number of amides is 1. The van der Waals surface area contributed by atoms with Crippen molar-refractivity contribution in [3.8, 4) is 0 Å². The average molecular weight is 209 g/mol. The van der Waals surface area contributed by atoms with Gasteiger partial charge in [0.1, 0.15) is 0 Å². The van der Waals surface area contributed by atoms with E-state index >= 15 is 0 Å². The van der Waals surface area contributed by atoms with Crippen molar-refractivity contribution in [2.24, 2.45) is 5.41 Å². The third-order valence-corrected chi connectivity index (χ3v) is 2.20. The van der Waals surface area contributed by atoms with Crippen molar-refractivity contribution < 1.29 is 9.59 Å². The predicted molar refractivity (Wildman–Crippen MR) is 61.4 cm³/mol. The van der Waals surface area contributed by atoms with E-state index in [1.807, 2.05) is 13.8 Å². The molecule has 0 atom stereocenters. The molecule has 0 aromatic carbocycles. The zero-order valence-corrected chi connectivity index (χ0v) is 9.51. The zero-order chi connectivity index (χ0) is 11.9. The second-order valence-corrected chi connectivity index (χ2v) is 4.26. The van der Waals surface area contributed by atoms with Gasteiger partial charge in [-0.05, 0) is 24.0 Å². The van der Waals surface area contributed by atoms with Gasteiger partial charge in [0.25, 0.3) is 0 Å². The molecule has 0 spiro atoms. The Hall–Kier alpha value is -1.38. The first-order chi connectivity index (χ1) is 6.91. The van der Waals surface area contributed by atoms with E-state index in [1.54, 1.807) is 0 Å². The molecular weight excluding hydrogens is 190 g/mol. The van der Waals surface area contributed by atoms with Gasteiger partial charge < -0.3 is 5.32 Å². The molecular formula is C12H19NO2. The summed E-state index contributed by atoms with van der Waals surface area (Å²) in [6.45, 7) is 11.3. The summed E-state index contributed by atoms with van der Waals surface area (Å²) in [5.41, 5.74) is -0.0860. The second-order valence-electron chi connectivity index (χ2n) is 4.26. The fourth-order valence-corrected chi connectivity index (χ4v) is 1.05. The molecule has 84 valence electrons. The minimum absolute atomic E-state index is 0.0399. The first kappa shape index (κ1) is 13.6. The van der Waals surface area contributed by atoms with Crippen molar-refractivity contribution in [1.82, 2.24) is 5.32 Å². The van der Waals surface area contributed by atoms with Crippen LogP contribution in [0.5, 0.6) is 0 Å². The molecule has 0 aromatic rings. The fraction of sp³-hybridized carbons (Fsp3) is 0.500. The third-order valence-electron chi connectivity index (χ3n) is 2.20. The summed E-state index contributed by atoms with van der Waals surface area (Å²) in [6, 6.07) is 0. The summed E-state index contributed by atoms with van der Waals surface area (Å²) >= 11 is 0. The van der Waals surface area contributed by atoms with E-state index < -0.39 is 0 Å². The van der Waals surface area contributed by atoms with Crippen LogP contribution in [0.25, 0.3) is 0 Å². The first-order valence-electron chi connectivity index (χ1n) is 4.97. The number of ketones is 1. The van der Waals surface area contributed by atoms with Crippen LogP contribution in [-0.4, -0.2) is 18.2 Å². The molecule has 0 radical (unpaired) electrons. The highest BCUT2D eigenvalue weighted by Gasteiger charge is 2.18. The molecule has 15 heavy (non-hydrogen) atoms. The molecule has 0 fully saturated rings. The molecule has 1 N–H and O–H groups in total. The van der Waals surface area contributed by atoms with Crippen molar-refractivity contribution in [2.45, 2.75) is 26.7 Å². The summed E-state index contributed by atoms with van der Waals surface area (Å²) in [6.07, 6.45) is 3.78. The Morgan fingerprint density at radius 2 is 1.87 bits per heavy atom. The van der Waals surface area contributed by atoms with Gasteiger partial charge in [0, 0.05) is 13.0 Å². The van der Waals surface area contributed by atoms with Crippen LogP contribution in [0.3, 0.4) is 0 Å². The third kappa shape index (κ3) is 6.66. The molecule has 3 heteroatoms. The lowest BCUT2D eigenvalue weighted by Crippen LogP contribution is -2.33. The molecule has 0 saturated carbocycles. The van der Waals surface area contributed by atoms with E-state index in [0.717, 1.165) is 6.42 Å². The largest absolute Gasteiger partial charge is 0.352 e. The summed E-state index contributed by atoms with van der Waals surface area (Å²) in [5.74, 6) is -0.142. The van der Waals surface area contributed by atoms with Crippen LogP contribution in [0, 0.1) is 5.41 Å². The highest BCUT2D eigenvalue weighted by Crippen LogP contribution is 2.21. The lowest BCUT2D eigenvalue weighted by molar-refractivity contribution is -0.116. The van der Waals surface area contributed by atoms with Gasteiger partial charge in [0.2, 0.25) is 5.91 Å². The lowest BCUT2D eigenvalue weighted by atomic mass is 9.87. The fourth-order valence-electron chi connectivity index (χ4n) is 1.05. The van der Waals surface area contributed by atoms with E-state index in [1.165, 1.54) is 12.2 Å². The molecule has 0 aliphatic heterocycles. The summed E-state index contributed by atoms with van der Waals surface area (Å²) in [7, 11) is 0. The molecule has 0 aliphatic rings. The Morgan fingerprint density at radius 1 is 1.27 bits per heavy atom. The molecule has 0 unspecified atom stereocenters. The van der Waals surface area contributed by atoms with E-state index in [2.05, 4.69) is 18.5 Å². The summed E-state index contributed by atoms with van der Waals surface area (Å²) in [5, 5.41) is 2.72. The quantitative estimate of drug-likeness (QED) is 0.650. The number of allylic oxidation sites excluding steroid dienone is 1. The number of rotatable bonds is 7. The van der Waals surface area contributed by atoms with Crippen LogP contribution in [0.1, 0.15) is 26.7 Å². The maximum atomic E-state index is 11.0. The van der Waals surface area contributed by atoms with Crippen LogP contribution in [0.15, 0.2) is 25.3 Å². The molecule has 3 nitrogen and oxygen atoms in total. The molecule has 1 amide bonds. The first-order valence-corrected chi connectivity index (χ1v) is 4.97. The number of carbonyl (C=O) groups excluding carboxylic acids is 2. The van der Waals surface area contributed by atoms with Crippen molar-refractivity contribution in [2.75, 3.05) is 6.54 Å². The lowest BCUT2D eigenvalue weighted by Gasteiger charge is -2.24. The normalized spacial score (nSPS) is 10.5. The van der Waals surface area contributed by atoms with E-state index in [4.69, 9.17) is 0 Å². The predicted octanol–water partition coefficient (Wildman–Crippen LogP) is 1.85. The van der Waals surface area contributed by atoms with Crippen LogP contribution >= 0.6 is 0 Å². The Kier molecular flexibility index (Phi) is 5.60. The molecule has 0 aromatic heterocycles. The van der Waals surface area contributed by atoms with E-state index in [9.17, 15) is 9.59 Å². The standard InChI is InChI=1S/C12H19NO2/c1-5-10(14)7-8-12(3,4)9-13-11(15)6-2/h5-6H,1-2,7-9H2,3-4H3,(H,13,15). The number of hydrogen-bond donors (Lipinski definition) is 1. The van der Waals surface area contributed by atoms with Gasteiger partial charge in [0.05, 0.1) is 0 Å². The monoisotopic (exact) mass is 209 g/mol. The van der Waals surface area contributed by atoms with Gasteiger partial charge in [-0.1, -0.05) is 27.0 Å². The zero-order valence-electron chi connectivity index (χ0n) is 9.51. The van der Waals surface area contributed by atoms with Crippen molar-refractivity contribution in [3.05, 3.63) is 25.3 Å². The van der Waals surface area contributed by atoms with Crippen molar-refractivity contribution in [1.29, 1.82) is 0 Å². The van der Waals surface area contributed by atoms with Gasteiger partial charge in [-0.15, -0.1) is 0 Å². The van der Waals surface area contributed by atoms with Crippen molar-refractivity contribution >= 4 is 11.7 Å². The molecule has 0 saturated heterocycles. The number of nitrogens with one attached hydrogen (secondary N) is 1. The highest BCUT2D eigenvalue weighted by molar-refractivity contribution is 5.89. The van der Waals surface area contributed by atoms with Gasteiger partial charge in [-0.2, -0.15) is 0 Å². The number of carbonyl (C=O) groups is 2. The van der Waals surface area contributed by atoms with E-state index in [0.29, 0.717) is 13.0 Å². The van der Waals surface area contributed by atoms with Crippen LogP contribution < -0.4 is 5.32 Å². The minimum atomic E-state index is -0.182. The summed E-state index contributed by atoms with van der Waals surface area (Å²) < 4.78 is 0. The van der Waals surface area contributed by atoms with Gasteiger partial charge in [-0.25, -0.2) is 0 Å². The molecule has 0 bridgehead atoms. The van der Waals surface area contributed by atoms with Crippen molar-refractivity contribution in [3.63, 3.8) is 0 Å². The highest BCUT2D eigenvalue weighted by atomic mass is 16.1. The summed E-state index contributed by atoms with van der Waals surface area (Å²) in [4.78, 5) is 22.0. The molecule has 0 aliphatic carbocycles. The Morgan fingerprint density at radius 3 is 2.33 bits per heavy atom. The Labute approximate surface area is 91.2 Å². The molecule has 0 rings (SSSR count). The van der Waals surface area contributed by atoms with Gasteiger partial charge >= 0.3 is 0 Å². The maximum absolute atomic E-state index is 11.0. The van der Waals surface area contributed by atoms with Crippen LogP contribution in [0.4, 0.5) is 0 Å². The average Bonchev–Trinajstić information content (AvgIpc) is 2.22. The smallest absolute Gasteiger partial charge is 0.243 e. The Balaban J connectivity index is 3.95. The van der Waals surface area contributed by atoms with E-state index in [-0.39, 0.29) is 17.1 Å². The van der Waals surface area contributed by atoms with Crippen LogP contribution in [0.2, 0.25) is 0 Å². The van der Waals surface area contributed by atoms with Gasteiger partial charge in [0.15, 0.2) is 5.78 Å². The maximum Gasteiger partial charge on any atom is 0.243 e. The number of hydrogen-bond acceptors (Lipinski definition) is 2. The van der Waals surface area contributed by atoms with Gasteiger partial charge in [-0.3, -0.25) is 9.59 Å². The molecule has 0 heterocycles. The second kappa shape index (κ2) is 6.17. The van der Waals surface area contributed by atoms with Crippen LogP contribution in [-0.2, 0) is 9.59 Å². The topological polar surface area (TPSA) is 46.2 Å².